The lowest BCUT2D eigenvalue weighted by Gasteiger charge is -2.12. The molecule has 2 aromatic carbocycles. The summed E-state index contributed by atoms with van der Waals surface area (Å²) in [7, 11) is 0. The van der Waals surface area contributed by atoms with Gasteiger partial charge in [0.05, 0.1) is 11.0 Å². The van der Waals surface area contributed by atoms with Gasteiger partial charge >= 0.3 is 11.1 Å². The molecule has 4 aromatic rings. The number of hydrogen-bond acceptors (Lipinski definition) is 6. The van der Waals surface area contributed by atoms with E-state index in [1.807, 2.05) is 13.8 Å². The van der Waals surface area contributed by atoms with Crippen molar-refractivity contribution in [2.45, 2.75) is 33.4 Å². The maximum Gasteiger partial charge on any atom is 0.316 e. The molecule has 0 aliphatic heterocycles. The van der Waals surface area contributed by atoms with Gasteiger partial charge < -0.3 is 18.8 Å². The maximum absolute atomic E-state index is 12.3. The molecule has 0 radical (unpaired) electrons. The fourth-order valence-corrected chi connectivity index (χ4v) is 3.46. The Morgan fingerprint density at radius 1 is 1.16 bits per heavy atom. The minimum atomic E-state index is -0.664. The first kappa shape index (κ1) is 20.9. The van der Waals surface area contributed by atoms with Crippen LogP contribution in [-0.2, 0) is 6.54 Å². The molecule has 2 heterocycles. The van der Waals surface area contributed by atoms with Gasteiger partial charge in [0, 0.05) is 17.1 Å². The van der Waals surface area contributed by atoms with Crippen LogP contribution in [0.15, 0.2) is 56.6 Å². The Bertz CT molecular complexity index is 1360. The highest BCUT2D eigenvalue weighted by Gasteiger charge is 2.18. The van der Waals surface area contributed by atoms with E-state index in [1.165, 1.54) is 4.57 Å². The smallest absolute Gasteiger partial charge is 0.316 e. The Morgan fingerprint density at radius 2 is 1.97 bits per heavy atom. The molecule has 31 heavy (non-hydrogen) atoms. The van der Waals surface area contributed by atoms with Crippen LogP contribution in [0.2, 0.25) is 5.02 Å². The van der Waals surface area contributed by atoms with E-state index >= 15 is 0 Å². The summed E-state index contributed by atoms with van der Waals surface area (Å²) in [4.78, 5) is 31.4. The Hall–Kier alpha value is -3.39. The fraction of sp³-hybridized carbons (Fsp3) is 0.273. The van der Waals surface area contributed by atoms with Gasteiger partial charge in [-0.25, -0.2) is 0 Å². The largest absolute Gasteiger partial charge is 0.481 e. The van der Waals surface area contributed by atoms with Gasteiger partial charge in [-0.05, 0) is 49.2 Å². The van der Waals surface area contributed by atoms with Crippen LogP contribution in [-0.4, -0.2) is 19.7 Å². The van der Waals surface area contributed by atoms with Crippen LogP contribution in [0.4, 0.5) is 0 Å². The van der Waals surface area contributed by atoms with Crippen molar-refractivity contribution in [3.8, 4) is 17.1 Å². The normalized spacial score (nSPS) is 12.4. The summed E-state index contributed by atoms with van der Waals surface area (Å²) >= 11 is 5.99. The number of rotatable bonds is 6. The van der Waals surface area contributed by atoms with Crippen molar-refractivity contribution in [3.63, 3.8) is 0 Å². The molecular formula is C22H21ClN4O4. The molecular weight excluding hydrogens is 420 g/mol. The van der Waals surface area contributed by atoms with Gasteiger partial charge in [0.25, 0.3) is 5.89 Å². The summed E-state index contributed by atoms with van der Waals surface area (Å²) in [6.07, 6.45) is -0.490. The fourth-order valence-electron chi connectivity index (χ4n) is 3.28. The van der Waals surface area contributed by atoms with Crippen molar-refractivity contribution in [3.05, 3.63) is 74.1 Å². The highest BCUT2D eigenvalue weighted by atomic mass is 35.5. The summed E-state index contributed by atoms with van der Waals surface area (Å²) < 4.78 is 12.7. The second-order valence-electron chi connectivity index (χ2n) is 7.67. The van der Waals surface area contributed by atoms with Crippen LogP contribution in [0.25, 0.3) is 22.4 Å². The molecule has 1 atom stereocenters. The van der Waals surface area contributed by atoms with E-state index in [-0.39, 0.29) is 5.92 Å². The topological polar surface area (TPSA) is 103 Å². The van der Waals surface area contributed by atoms with Crippen LogP contribution in [0, 0.1) is 5.92 Å². The molecule has 0 spiro atoms. The molecule has 4 rings (SSSR count). The predicted octanol–water partition coefficient (Wildman–Crippen LogP) is 4.19. The van der Waals surface area contributed by atoms with Crippen molar-refractivity contribution >= 4 is 22.6 Å². The second kappa shape index (κ2) is 8.39. The van der Waals surface area contributed by atoms with Gasteiger partial charge in [-0.3, -0.25) is 9.59 Å². The molecule has 160 valence electrons. The molecule has 0 amide bonds. The second-order valence-corrected chi connectivity index (χ2v) is 8.11. The number of halogens is 1. The van der Waals surface area contributed by atoms with E-state index in [0.29, 0.717) is 45.6 Å². The molecule has 1 N–H and O–H groups in total. The monoisotopic (exact) mass is 440 g/mol. The van der Waals surface area contributed by atoms with Crippen LogP contribution in [0.5, 0.6) is 5.75 Å². The minimum absolute atomic E-state index is 0.211. The average molecular weight is 441 g/mol. The summed E-state index contributed by atoms with van der Waals surface area (Å²) in [6, 6.07) is 12.3. The molecule has 0 unspecified atom stereocenters. The number of aromatic nitrogens is 4. The quantitative estimate of drug-likeness (QED) is 0.451. The van der Waals surface area contributed by atoms with Crippen molar-refractivity contribution in [2.75, 3.05) is 0 Å². The summed E-state index contributed by atoms with van der Waals surface area (Å²) in [5.41, 5.74) is 0.578. The zero-order valence-electron chi connectivity index (χ0n) is 17.3. The summed E-state index contributed by atoms with van der Waals surface area (Å²) in [6.45, 7) is 6.21. The van der Waals surface area contributed by atoms with Crippen LogP contribution >= 0.6 is 11.6 Å². The average Bonchev–Trinajstić information content (AvgIpc) is 3.21. The number of nitrogens with zero attached hydrogens (tertiary/aromatic N) is 3. The Labute approximate surface area is 182 Å². The molecule has 8 nitrogen and oxygen atoms in total. The third-order valence-corrected chi connectivity index (χ3v) is 4.91. The minimum Gasteiger partial charge on any atom is -0.481 e. The molecule has 0 aliphatic rings. The predicted molar refractivity (Wildman–Crippen MR) is 117 cm³/mol. The first-order valence-corrected chi connectivity index (χ1v) is 10.2. The highest BCUT2D eigenvalue weighted by molar-refractivity contribution is 6.30. The van der Waals surface area contributed by atoms with Gasteiger partial charge in [0.15, 0.2) is 6.10 Å². The van der Waals surface area contributed by atoms with E-state index in [9.17, 15) is 9.59 Å². The van der Waals surface area contributed by atoms with Crippen molar-refractivity contribution in [1.29, 1.82) is 0 Å². The lowest BCUT2D eigenvalue weighted by atomic mass is 10.1. The summed E-state index contributed by atoms with van der Waals surface area (Å²) in [5, 5.41) is 4.60. The van der Waals surface area contributed by atoms with E-state index in [0.717, 1.165) is 0 Å². The zero-order chi connectivity index (χ0) is 22.1. The van der Waals surface area contributed by atoms with Gasteiger partial charge in [0.2, 0.25) is 5.82 Å². The third kappa shape index (κ3) is 4.39. The van der Waals surface area contributed by atoms with Gasteiger partial charge in [-0.1, -0.05) is 36.7 Å². The van der Waals surface area contributed by atoms with Gasteiger partial charge in [-0.2, -0.15) is 4.98 Å². The molecule has 9 heteroatoms. The number of hydrogen-bond donors (Lipinski definition) is 1. The van der Waals surface area contributed by atoms with Gasteiger partial charge in [0.1, 0.15) is 5.75 Å². The van der Waals surface area contributed by atoms with Crippen LogP contribution in [0.3, 0.4) is 0 Å². The van der Waals surface area contributed by atoms with Crippen molar-refractivity contribution in [2.24, 2.45) is 5.92 Å². The van der Waals surface area contributed by atoms with Gasteiger partial charge in [-0.15, -0.1) is 0 Å². The first-order valence-electron chi connectivity index (χ1n) is 9.85. The number of H-pyrrole nitrogens is 1. The van der Waals surface area contributed by atoms with Crippen LogP contribution in [0.1, 0.15) is 32.8 Å². The molecule has 0 saturated carbocycles. The lowest BCUT2D eigenvalue weighted by molar-refractivity contribution is 0.176. The lowest BCUT2D eigenvalue weighted by Crippen LogP contribution is -2.37. The third-order valence-electron chi connectivity index (χ3n) is 4.68. The highest BCUT2D eigenvalue weighted by Crippen LogP contribution is 2.26. The molecule has 0 bridgehead atoms. The van der Waals surface area contributed by atoms with E-state index in [2.05, 4.69) is 15.1 Å². The Kier molecular flexibility index (Phi) is 5.65. The Morgan fingerprint density at radius 3 is 2.71 bits per heavy atom. The first-order chi connectivity index (χ1) is 14.8. The molecule has 0 aliphatic carbocycles. The number of fused-ring (bicyclic) bond motifs is 1. The van der Waals surface area contributed by atoms with E-state index < -0.39 is 17.2 Å². The number of benzene rings is 2. The molecule has 0 saturated heterocycles. The standard InChI is InChI=1S/C22H21ClN4O4/c1-12(2)11-27-18-8-7-14(9-17(18)24-20(28)22(27)29)19-25-21(31-26-19)13(3)30-16-6-4-5-15(23)10-16/h4-10,12-13H,11H2,1-3H3,(H,24,28)/t13-/m1/s1. The van der Waals surface area contributed by atoms with Crippen molar-refractivity contribution in [1.82, 2.24) is 19.7 Å². The SMILES string of the molecule is CC(C)Cn1c(=O)c(=O)[nH]c2cc(-c3noc([C@@H](C)Oc4cccc(Cl)c4)n3)ccc21. The van der Waals surface area contributed by atoms with Crippen LogP contribution < -0.4 is 15.9 Å². The summed E-state index contributed by atoms with van der Waals surface area (Å²) in [5.74, 6) is 1.45. The number of aromatic amines is 1. The molecule has 0 fully saturated rings. The van der Waals surface area contributed by atoms with E-state index in [4.69, 9.17) is 20.9 Å². The zero-order valence-corrected chi connectivity index (χ0v) is 18.0. The maximum atomic E-state index is 12.3. The molecule has 2 aromatic heterocycles. The number of nitrogens with one attached hydrogen (secondary N) is 1. The number of ether oxygens (including phenoxy) is 1. The van der Waals surface area contributed by atoms with Crippen molar-refractivity contribution < 1.29 is 9.26 Å². The van der Waals surface area contributed by atoms with E-state index in [1.54, 1.807) is 49.4 Å². The Balaban J connectivity index is 1.65.